The van der Waals surface area contributed by atoms with Gasteiger partial charge in [0.05, 0.1) is 0 Å². The molecule has 1 nitrogen and oxygen atoms in total. The third-order valence-electron chi connectivity index (χ3n) is 2.77. The number of hydrogen-bond acceptors (Lipinski definition) is 1. The first-order valence-corrected chi connectivity index (χ1v) is 4.96. The van der Waals surface area contributed by atoms with Crippen LogP contribution < -0.4 is 5.73 Å². The van der Waals surface area contributed by atoms with Gasteiger partial charge in [-0.3, -0.25) is 0 Å². The summed E-state index contributed by atoms with van der Waals surface area (Å²) in [6.45, 7) is 5.00. The summed E-state index contributed by atoms with van der Waals surface area (Å²) >= 11 is 5.82. The Hall–Kier alpha value is -0.530. The second-order valence-corrected chi connectivity index (χ2v) is 4.06. The second kappa shape index (κ2) is 4.12. The molecule has 0 bridgehead atoms. The summed E-state index contributed by atoms with van der Waals surface area (Å²) in [4.78, 5) is 0. The molecule has 1 aromatic carbocycles. The second-order valence-electron chi connectivity index (χ2n) is 3.63. The minimum atomic E-state index is 0.0879. The van der Waals surface area contributed by atoms with Crippen molar-refractivity contribution in [2.45, 2.75) is 25.7 Å². The molecule has 0 radical (unpaired) electrons. The Bertz CT molecular complexity index is 262. The Labute approximate surface area is 84.9 Å². The largest absolute Gasteiger partial charge is 0.330 e. The van der Waals surface area contributed by atoms with E-state index in [0.717, 1.165) is 11.4 Å². The van der Waals surface area contributed by atoms with Gasteiger partial charge in [0.1, 0.15) is 0 Å². The van der Waals surface area contributed by atoms with E-state index >= 15 is 0 Å². The molecule has 0 heterocycles. The van der Waals surface area contributed by atoms with Gasteiger partial charge in [-0.1, -0.05) is 37.6 Å². The number of nitrogens with two attached hydrogens (primary N) is 1. The first-order valence-electron chi connectivity index (χ1n) is 4.58. The fourth-order valence-electron chi connectivity index (χ4n) is 1.32. The molecule has 1 unspecified atom stereocenters. The third-order valence-corrected chi connectivity index (χ3v) is 3.02. The fraction of sp³-hybridized carbons (Fsp3) is 0.455. The molecule has 0 saturated carbocycles. The molecule has 0 spiro atoms. The highest BCUT2D eigenvalue weighted by molar-refractivity contribution is 6.30. The minimum Gasteiger partial charge on any atom is -0.330 e. The van der Waals surface area contributed by atoms with Gasteiger partial charge in [-0.2, -0.15) is 0 Å². The summed E-state index contributed by atoms with van der Waals surface area (Å²) in [5, 5.41) is 0.777. The summed E-state index contributed by atoms with van der Waals surface area (Å²) in [5.74, 6) is 0. The van der Waals surface area contributed by atoms with E-state index in [2.05, 4.69) is 26.0 Å². The first-order chi connectivity index (χ1) is 6.12. The van der Waals surface area contributed by atoms with Crippen LogP contribution in [0, 0.1) is 0 Å². The van der Waals surface area contributed by atoms with Gasteiger partial charge in [0, 0.05) is 17.0 Å². The standard InChI is InChI=1S/C11H16ClN/c1-3-11(2,8-13)9-4-6-10(12)7-5-9/h4-7H,3,8,13H2,1-2H3. The van der Waals surface area contributed by atoms with Crippen molar-refractivity contribution < 1.29 is 0 Å². The average molecular weight is 198 g/mol. The topological polar surface area (TPSA) is 26.0 Å². The Kier molecular flexibility index (Phi) is 3.34. The van der Waals surface area contributed by atoms with E-state index < -0.39 is 0 Å². The molecular weight excluding hydrogens is 182 g/mol. The molecule has 0 aliphatic rings. The quantitative estimate of drug-likeness (QED) is 0.792. The lowest BCUT2D eigenvalue weighted by Gasteiger charge is -2.26. The van der Waals surface area contributed by atoms with Crippen LogP contribution in [0.15, 0.2) is 24.3 Å². The van der Waals surface area contributed by atoms with Gasteiger partial charge in [-0.15, -0.1) is 0 Å². The lowest BCUT2D eigenvalue weighted by atomic mass is 9.80. The maximum atomic E-state index is 5.82. The molecule has 0 amide bonds. The van der Waals surface area contributed by atoms with Crippen molar-refractivity contribution >= 4 is 11.6 Å². The van der Waals surface area contributed by atoms with Gasteiger partial charge in [0.25, 0.3) is 0 Å². The molecule has 1 atom stereocenters. The summed E-state index contributed by atoms with van der Waals surface area (Å²) in [6.07, 6.45) is 1.05. The van der Waals surface area contributed by atoms with Crippen molar-refractivity contribution in [3.8, 4) is 0 Å². The van der Waals surface area contributed by atoms with Crippen LogP contribution >= 0.6 is 11.6 Å². The van der Waals surface area contributed by atoms with Crippen LogP contribution in [0.4, 0.5) is 0 Å². The molecule has 72 valence electrons. The monoisotopic (exact) mass is 197 g/mol. The Morgan fingerprint density at radius 2 is 1.85 bits per heavy atom. The zero-order valence-electron chi connectivity index (χ0n) is 8.18. The van der Waals surface area contributed by atoms with Crippen LogP contribution in [-0.2, 0) is 5.41 Å². The lowest BCUT2D eigenvalue weighted by Crippen LogP contribution is -2.30. The molecule has 1 aromatic rings. The molecule has 0 aliphatic heterocycles. The highest BCUT2D eigenvalue weighted by atomic mass is 35.5. The first kappa shape index (κ1) is 10.6. The molecule has 0 aliphatic carbocycles. The van der Waals surface area contributed by atoms with Crippen LogP contribution in [0.1, 0.15) is 25.8 Å². The van der Waals surface area contributed by atoms with E-state index in [1.165, 1.54) is 5.56 Å². The molecule has 1 rings (SSSR count). The smallest absolute Gasteiger partial charge is 0.0406 e. The van der Waals surface area contributed by atoms with Crippen LogP contribution in [0.2, 0.25) is 5.02 Å². The van der Waals surface area contributed by atoms with Gasteiger partial charge in [-0.05, 0) is 24.1 Å². The van der Waals surface area contributed by atoms with E-state index in [4.69, 9.17) is 17.3 Å². The van der Waals surface area contributed by atoms with Crippen molar-refractivity contribution in [1.29, 1.82) is 0 Å². The normalized spacial score (nSPS) is 15.4. The number of benzene rings is 1. The maximum Gasteiger partial charge on any atom is 0.0406 e. The molecule has 0 saturated heterocycles. The van der Waals surface area contributed by atoms with Gasteiger partial charge in [-0.25, -0.2) is 0 Å². The van der Waals surface area contributed by atoms with Crippen LogP contribution in [0.5, 0.6) is 0 Å². The van der Waals surface area contributed by atoms with E-state index in [-0.39, 0.29) is 5.41 Å². The number of rotatable bonds is 3. The van der Waals surface area contributed by atoms with E-state index in [1.54, 1.807) is 0 Å². The van der Waals surface area contributed by atoms with Crippen molar-refractivity contribution in [2.75, 3.05) is 6.54 Å². The fourth-order valence-corrected chi connectivity index (χ4v) is 1.44. The summed E-state index contributed by atoms with van der Waals surface area (Å²) < 4.78 is 0. The van der Waals surface area contributed by atoms with Gasteiger partial charge in [0.2, 0.25) is 0 Å². The SMILES string of the molecule is CCC(C)(CN)c1ccc(Cl)cc1. The van der Waals surface area contributed by atoms with E-state index in [9.17, 15) is 0 Å². The van der Waals surface area contributed by atoms with Crippen molar-refractivity contribution in [2.24, 2.45) is 5.73 Å². The molecular formula is C11H16ClN. The number of halogens is 1. The highest BCUT2D eigenvalue weighted by Gasteiger charge is 2.21. The Morgan fingerprint density at radius 1 is 1.31 bits per heavy atom. The minimum absolute atomic E-state index is 0.0879. The summed E-state index contributed by atoms with van der Waals surface area (Å²) in [5.41, 5.74) is 7.11. The average Bonchev–Trinajstić information content (AvgIpc) is 2.18. The van der Waals surface area contributed by atoms with Crippen molar-refractivity contribution in [3.05, 3.63) is 34.9 Å². The predicted octanol–water partition coefficient (Wildman–Crippen LogP) is 2.97. The van der Waals surface area contributed by atoms with Crippen LogP contribution in [0.3, 0.4) is 0 Å². The van der Waals surface area contributed by atoms with Gasteiger partial charge in [0.15, 0.2) is 0 Å². The molecule has 0 fully saturated rings. The maximum absolute atomic E-state index is 5.82. The molecule has 2 heteroatoms. The predicted molar refractivity (Wildman–Crippen MR) is 58.1 cm³/mol. The summed E-state index contributed by atoms with van der Waals surface area (Å²) in [7, 11) is 0. The van der Waals surface area contributed by atoms with Crippen molar-refractivity contribution in [1.82, 2.24) is 0 Å². The molecule has 2 N–H and O–H groups in total. The molecule has 0 aromatic heterocycles. The molecule has 13 heavy (non-hydrogen) atoms. The van der Waals surface area contributed by atoms with Crippen LogP contribution in [0.25, 0.3) is 0 Å². The zero-order valence-corrected chi connectivity index (χ0v) is 8.93. The lowest BCUT2D eigenvalue weighted by molar-refractivity contribution is 0.467. The summed E-state index contributed by atoms with van der Waals surface area (Å²) in [6, 6.07) is 7.94. The van der Waals surface area contributed by atoms with E-state index in [1.807, 2.05) is 12.1 Å². The van der Waals surface area contributed by atoms with Crippen molar-refractivity contribution in [3.63, 3.8) is 0 Å². The van der Waals surface area contributed by atoms with E-state index in [0.29, 0.717) is 6.54 Å². The third kappa shape index (κ3) is 2.23. The van der Waals surface area contributed by atoms with Gasteiger partial charge >= 0.3 is 0 Å². The van der Waals surface area contributed by atoms with Gasteiger partial charge < -0.3 is 5.73 Å². The zero-order chi connectivity index (χ0) is 9.90. The number of hydrogen-bond donors (Lipinski definition) is 1. The Balaban J connectivity index is 2.99. The Morgan fingerprint density at radius 3 is 2.23 bits per heavy atom. The highest BCUT2D eigenvalue weighted by Crippen LogP contribution is 2.26. The van der Waals surface area contributed by atoms with Crippen LogP contribution in [-0.4, -0.2) is 6.54 Å².